The van der Waals surface area contributed by atoms with Crippen LogP contribution in [0.3, 0.4) is 0 Å². The molecule has 7 heteroatoms. The first-order valence-corrected chi connectivity index (χ1v) is 7.33. The molecule has 0 unspecified atom stereocenters. The Hall–Kier alpha value is -3.09. The zero-order valence-electron chi connectivity index (χ0n) is 13.2. The van der Waals surface area contributed by atoms with Crippen molar-refractivity contribution in [3.8, 4) is 11.3 Å². The number of carbonyl (C=O) groups is 1. The summed E-state index contributed by atoms with van der Waals surface area (Å²) in [5.74, 6) is -4.45. The van der Waals surface area contributed by atoms with Gasteiger partial charge in [0, 0.05) is 11.8 Å². The van der Waals surface area contributed by atoms with E-state index in [0.717, 1.165) is 17.7 Å². The third-order valence-electron chi connectivity index (χ3n) is 3.64. The fourth-order valence-corrected chi connectivity index (χ4v) is 2.36. The van der Waals surface area contributed by atoms with Crippen LogP contribution in [0.2, 0.25) is 0 Å². The number of methoxy groups -OCH3 is 1. The first kappa shape index (κ1) is 16.8. The molecule has 0 saturated carbocycles. The summed E-state index contributed by atoms with van der Waals surface area (Å²) in [6.07, 6.45) is 1.64. The number of rotatable bonds is 4. The van der Waals surface area contributed by atoms with Gasteiger partial charge in [-0.3, -0.25) is 4.68 Å². The smallest absolute Gasteiger partial charge is 0.337 e. The molecule has 1 heterocycles. The van der Waals surface area contributed by atoms with E-state index in [-0.39, 0.29) is 5.56 Å². The van der Waals surface area contributed by atoms with Crippen LogP contribution in [-0.2, 0) is 11.3 Å². The first-order chi connectivity index (χ1) is 12.0. The van der Waals surface area contributed by atoms with Crippen molar-refractivity contribution in [2.75, 3.05) is 7.11 Å². The molecule has 128 valence electrons. The minimum absolute atomic E-state index is 0.149. The van der Waals surface area contributed by atoms with E-state index in [0.29, 0.717) is 17.8 Å². The van der Waals surface area contributed by atoms with E-state index in [9.17, 15) is 18.0 Å². The van der Waals surface area contributed by atoms with Gasteiger partial charge in [-0.15, -0.1) is 0 Å². The van der Waals surface area contributed by atoms with Gasteiger partial charge in [-0.05, 0) is 35.9 Å². The maximum atomic E-state index is 13.3. The highest BCUT2D eigenvalue weighted by Crippen LogP contribution is 2.22. The van der Waals surface area contributed by atoms with Gasteiger partial charge in [-0.1, -0.05) is 12.1 Å². The van der Waals surface area contributed by atoms with Crippen LogP contribution in [0, 0.1) is 17.5 Å². The summed E-state index contributed by atoms with van der Waals surface area (Å²) in [4.78, 5) is 11.4. The number of carbonyl (C=O) groups excluding carboxylic acids is 1. The van der Waals surface area contributed by atoms with Crippen LogP contribution in [0.4, 0.5) is 13.2 Å². The van der Waals surface area contributed by atoms with Crippen molar-refractivity contribution in [2.45, 2.75) is 6.54 Å². The molecule has 0 saturated heterocycles. The molecule has 4 nitrogen and oxygen atoms in total. The molecule has 0 aliphatic rings. The van der Waals surface area contributed by atoms with Crippen molar-refractivity contribution in [3.63, 3.8) is 0 Å². The van der Waals surface area contributed by atoms with E-state index >= 15 is 0 Å². The van der Waals surface area contributed by atoms with E-state index in [1.54, 1.807) is 41.2 Å². The molecule has 0 atom stereocenters. The summed E-state index contributed by atoms with van der Waals surface area (Å²) in [7, 11) is 1.31. The van der Waals surface area contributed by atoms with E-state index in [2.05, 4.69) is 9.84 Å². The van der Waals surface area contributed by atoms with Crippen LogP contribution in [0.15, 0.2) is 48.7 Å². The van der Waals surface area contributed by atoms with Gasteiger partial charge in [0.1, 0.15) is 0 Å². The van der Waals surface area contributed by atoms with Gasteiger partial charge in [-0.2, -0.15) is 5.10 Å². The predicted molar refractivity (Wildman–Crippen MR) is 84.4 cm³/mol. The Kier molecular flexibility index (Phi) is 4.56. The van der Waals surface area contributed by atoms with Gasteiger partial charge in [-0.25, -0.2) is 18.0 Å². The molecule has 0 aliphatic carbocycles. The highest BCUT2D eigenvalue weighted by molar-refractivity contribution is 5.89. The molecule has 3 rings (SSSR count). The molecular formula is C18H13F3N2O2. The molecule has 2 aromatic carbocycles. The van der Waals surface area contributed by atoms with Crippen LogP contribution in [0.1, 0.15) is 15.9 Å². The summed E-state index contributed by atoms with van der Waals surface area (Å²) in [6, 6.07) is 10.2. The van der Waals surface area contributed by atoms with Crippen LogP contribution in [0.5, 0.6) is 0 Å². The van der Waals surface area contributed by atoms with Crippen molar-refractivity contribution in [3.05, 3.63) is 77.2 Å². The molecule has 1 aromatic heterocycles. The third-order valence-corrected chi connectivity index (χ3v) is 3.64. The number of nitrogens with zero attached hydrogens (tertiary/aromatic N) is 2. The molecule has 0 radical (unpaired) electrons. The first-order valence-electron chi connectivity index (χ1n) is 7.33. The van der Waals surface area contributed by atoms with Gasteiger partial charge >= 0.3 is 5.97 Å². The highest BCUT2D eigenvalue weighted by atomic mass is 19.2. The lowest BCUT2D eigenvalue weighted by molar-refractivity contribution is 0.0600. The van der Waals surface area contributed by atoms with Crippen molar-refractivity contribution < 1.29 is 22.7 Å². The molecule has 0 aliphatic heterocycles. The largest absolute Gasteiger partial charge is 0.465 e. The monoisotopic (exact) mass is 346 g/mol. The SMILES string of the molecule is COC(=O)c1ccc(Cn2ccc(-c3cc(F)c(F)c(F)c3)n2)cc1. The number of ether oxygens (including phenoxy) is 1. The normalized spacial score (nSPS) is 10.7. The quantitative estimate of drug-likeness (QED) is 0.533. The Balaban J connectivity index is 1.79. The molecule has 0 spiro atoms. The molecule has 0 fully saturated rings. The predicted octanol–water partition coefficient (Wildman–Crippen LogP) is 3.80. The second-order valence-corrected chi connectivity index (χ2v) is 5.34. The molecule has 3 aromatic rings. The maximum absolute atomic E-state index is 13.3. The van der Waals surface area contributed by atoms with Crippen LogP contribution >= 0.6 is 0 Å². The van der Waals surface area contributed by atoms with E-state index in [1.807, 2.05) is 0 Å². The minimum Gasteiger partial charge on any atom is -0.465 e. The maximum Gasteiger partial charge on any atom is 0.337 e. The Morgan fingerprint density at radius 1 is 1.08 bits per heavy atom. The average molecular weight is 346 g/mol. The Morgan fingerprint density at radius 2 is 1.72 bits per heavy atom. The highest BCUT2D eigenvalue weighted by Gasteiger charge is 2.13. The van der Waals surface area contributed by atoms with E-state index < -0.39 is 23.4 Å². The van der Waals surface area contributed by atoms with Crippen molar-refractivity contribution >= 4 is 5.97 Å². The van der Waals surface area contributed by atoms with Crippen LogP contribution in [-0.4, -0.2) is 22.9 Å². The van der Waals surface area contributed by atoms with Crippen LogP contribution in [0.25, 0.3) is 11.3 Å². The fraction of sp³-hybridized carbons (Fsp3) is 0.111. The van der Waals surface area contributed by atoms with Crippen molar-refractivity contribution in [1.82, 2.24) is 9.78 Å². The number of hydrogen-bond acceptors (Lipinski definition) is 3. The lowest BCUT2D eigenvalue weighted by atomic mass is 10.1. The van der Waals surface area contributed by atoms with E-state index in [4.69, 9.17) is 0 Å². The molecule has 25 heavy (non-hydrogen) atoms. The molecule has 0 amide bonds. The van der Waals surface area contributed by atoms with Gasteiger partial charge in [0.2, 0.25) is 0 Å². The van der Waals surface area contributed by atoms with Gasteiger partial charge < -0.3 is 4.74 Å². The number of halogens is 3. The second-order valence-electron chi connectivity index (χ2n) is 5.34. The van der Waals surface area contributed by atoms with Gasteiger partial charge in [0.15, 0.2) is 17.5 Å². The number of benzene rings is 2. The Bertz CT molecular complexity index is 897. The standard InChI is InChI=1S/C18H13F3N2O2/c1-25-18(24)12-4-2-11(3-5-12)10-23-7-6-16(22-23)13-8-14(19)17(21)15(20)9-13/h2-9H,10H2,1H3. The topological polar surface area (TPSA) is 44.1 Å². The molecular weight excluding hydrogens is 333 g/mol. The summed E-state index contributed by atoms with van der Waals surface area (Å²) in [5, 5.41) is 4.23. The minimum atomic E-state index is -1.51. The summed E-state index contributed by atoms with van der Waals surface area (Å²) in [5.41, 5.74) is 1.78. The zero-order valence-corrected chi connectivity index (χ0v) is 13.2. The lowest BCUT2D eigenvalue weighted by Gasteiger charge is -2.04. The van der Waals surface area contributed by atoms with Crippen molar-refractivity contribution in [1.29, 1.82) is 0 Å². The molecule has 0 bridgehead atoms. The zero-order chi connectivity index (χ0) is 18.0. The number of aromatic nitrogens is 2. The summed E-state index contributed by atoms with van der Waals surface area (Å²) >= 11 is 0. The number of hydrogen-bond donors (Lipinski definition) is 0. The fourth-order valence-electron chi connectivity index (χ4n) is 2.36. The van der Waals surface area contributed by atoms with Crippen molar-refractivity contribution in [2.24, 2.45) is 0 Å². The van der Waals surface area contributed by atoms with E-state index in [1.165, 1.54) is 7.11 Å². The third kappa shape index (κ3) is 3.55. The number of esters is 1. The lowest BCUT2D eigenvalue weighted by Crippen LogP contribution is -2.03. The Labute approximate surface area is 141 Å². The summed E-state index contributed by atoms with van der Waals surface area (Å²) < 4.78 is 45.9. The van der Waals surface area contributed by atoms with Crippen LogP contribution < -0.4 is 0 Å². The summed E-state index contributed by atoms with van der Waals surface area (Å²) in [6.45, 7) is 0.396. The second kappa shape index (κ2) is 6.80. The molecule has 0 N–H and O–H groups in total. The average Bonchev–Trinajstić information content (AvgIpc) is 3.07. The Morgan fingerprint density at radius 3 is 2.32 bits per heavy atom. The van der Waals surface area contributed by atoms with Gasteiger partial charge in [0.05, 0.1) is 24.9 Å². The van der Waals surface area contributed by atoms with Gasteiger partial charge in [0.25, 0.3) is 0 Å².